The van der Waals surface area contributed by atoms with Crippen molar-refractivity contribution < 1.29 is 21.6 Å². The molecule has 2 aliphatic rings. The van der Waals surface area contributed by atoms with Gasteiger partial charge in [0, 0.05) is 57.2 Å². The van der Waals surface area contributed by atoms with Crippen LogP contribution in [0.15, 0.2) is 53.8 Å². The Labute approximate surface area is 212 Å². The molecule has 37 heavy (non-hydrogen) atoms. The van der Waals surface area contributed by atoms with Crippen LogP contribution in [0.4, 0.5) is 30.6 Å². The molecule has 0 unspecified atom stereocenters. The Balaban J connectivity index is 1.14. The first-order valence-corrected chi connectivity index (χ1v) is 13.4. The van der Waals surface area contributed by atoms with E-state index in [1.165, 1.54) is 16.7 Å². The number of aromatic nitrogens is 4. The smallest absolute Gasteiger partial charge is 0.368 e. The summed E-state index contributed by atoms with van der Waals surface area (Å²) in [5, 5.41) is 9.86. The molecule has 0 aliphatic carbocycles. The quantitative estimate of drug-likeness (QED) is 0.495. The van der Waals surface area contributed by atoms with Crippen LogP contribution in [0.5, 0.6) is 0 Å². The van der Waals surface area contributed by atoms with Gasteiger partial charge in [0.25, 0.3) is 0 Å². The number of H-pyrrole nitrogens is 1. The van der Waals surface area contributed by atoms with Crippen molar-refractivity contribution in [1.82, 2.24) is 24.5 Å². The van der Waals surface area contributed by atoms with Gasteiger partial charge in [0.05, 0.1) is 10.5 Å². The average molecular weight is 537 g/mol. The molecule has 0 atom stereocenters. The first kappa shape index (κ1) is 25.3. The van der Waals surface area contributed by atoms with Crippen LogP contribution in [-0.2, 0) is 16.2 Å². The van der Waals surface area contributed by atoms with Crippen LogP contribution >= 0.6 is 0 Å². The van der Waals surface area contributed by atoms with Crippen LogP contribution in [0, 0.1) is 0 Å². The molecule has 5 rings (SSSR count). The first-order valence-electron chi connectivity index (χ1n) is 12.0. The zero-order valence-corrected chi connectivity index (χ0v) is 20.7. The standard InChI is InChI=1S/C23H27F3N8O2S/c24-23(25,26)17-1-6-21(27-15-17)30-18-7-9-34(10-8-18)37(35,36)20-4-2-19(3-5-20)32-11-13-33(14-12-32)22-28-16-29-31-22/h1-6,15-16,18H,7-14H2,(H,27,30)(H,28,29,31). The fourth-order valence-electron chi connectivity index (χ4n) is 4.60. The predicted molar refractivity (Wildman–Crippen MR) is 132 cm³/mol. The van der Waals surface area contributed by atoms with Crippen molar-refractivity contribution in [2.45, 2.75) is 30.0 Å². The van der Waals surface area contributed by atoms with Crippen molar-refractivity contribution in [1.29, 1.82) is 0 Å². The molecule has 2 aromatic heterocycles. The summed E-state index contributed by atoms with van der Waals surface area (Å²) in [7, 11) is -3.65. The van der Waals surface area contributed by atoms with Crippen LogP contribution < -0.4 is 15.1 Å². The molecule has 0 radical (unpaired) electrons. The molecule has 0 bridgehead atoms. The summed E-state index contributed by atoms with van der Waals surface area (Å²) >= 11 is 0. The summed E-state index contributed by atoms with van der Waals surface area (Å²) in [6, 6.07) is 9.15. The Morgan fingerprint density at radius 2 is 1.57 bits per heavy atom. The lowest BCUT2D eigenvalue weighted by Gasteiger charge is -2.36. The molecular formula is C23H27F3N8O2S. The topological polar surface area (TPSA) is 110 Å². The van der Waals surface area contributed by atoms with Crippen LogP contribution in [0.2, 0.25) is 0 Å². The molecule has 198 valence electrons. The third-order valence-corrected chi connectivity index (χ3v) is 8.63. The number of rotatable bonds is 6. The molecule has 2 saturated heterocycles. The monoisotopic (exact) mass is 536 g/mol. The van der Waals surface area contributed by atoms with E-state index in [0.717, 1.165) is 50.1 Å². The van der Waals surface area contributed by atoms with E-state index in [4.69, 9.17) is 0 Å². The van der Waals surface area contributed by atoms with Crippen LogP contribution in [0.25, 0.3) is 0 Å². The van der Waals surface area contributed by atoms with E-state index in [9.17, 15) is 21.6 Å². The summed E-state index contributed by atoms with van der Waals surface area (Å²) in [4.78, 5) is 12.6. The van der Waals surface area contributed by atoms with Gasteiger partial charge in [-0.25, -0.2) is 18.5 Å². The van der Waals surface area contributed by atoms with Crippen molar-refractivity contribution >= 4 is 27.5 Å². The van der Waals surface area contributed by atoms with Crippen molar-refractivity contribution in [3.8, 4) is 0 Å². The minimum Gasteiger partial charge on any atom is -0.368 e. The van der Waals surface area contributed by atoms with Crippen LogP contribution in [-0.4, -0.2) is 78.2 Å². The van der Waals surface area contributed by atoms with E-state index in [-0.39, 0.29) is 10.9 Å². The van der Waals surface area contributed by atoms with Gasteiger partial charge in [-0.05, 0) is 49.2 Å². The Morgan fingerprint density at radius 3 is 2.14 bits per heavy atom. The maximum atomic E-state index is 13.2. The number of alkyl halides is 3. The molecular weight excluding hydrogens is 509 g/mol. The minimum absolute atomic E-state index is 0.0753. The number of hydrogen-bond donors (Lipinski definition) is 2. The van der Waals surface area contributed by atoms with Crippen LogP contribution in [0.3, 0.4) is 0 Å². The number of nitrogens with zero attached hydrogens (tertiary/aromatic N) is 6. The Morgan fingerprint density at radius 1 is 0.892 bits per heavy atom. The number of halogens is 3. The molecule has 10 nitrogen and oxygen atoms in total. The van der Waals surface area contributed by atoms with Gasteiger partial charge in [-0.2, -0.15) is 27.6 Å². The van der Waals surface area contributed by atoms with Crippen molar-refractivity contribution in [3.63, 3.8) is 0 Å². The zero-order chi connectivity index (χ0) is 26.0. The number of piperidine rings is 1. The highest BCUT2D eigenvalue weighted by molar-refractivity contribution is 7.89. The number of anilines is 3. The first-order chi connectivity index (χ1) is 17.7. The lowest BCUT2D eigenvalue weighted by molar-refractivity contribution is -0.137. The van der Waals surface area contributed by atoms with E-state index >= 15 is 0 Å². The molecule has 0 spiro atoms. The van der Waals surface area contributed by atoms with E-state index in [2.05, 4.69) is 35.3 Å². The van der Waals surface area contributed by atoms with Crippen LogP contribution in [0.1, 0.15) is 18.4 Å². The number of hydrogen-bond acceptors (Lipinski definition) is 8. The SMILES string of the molecule is O=S(=O)(c1ccc(N2CCN(c3ncn[nH]3)CC2)cc1)N1CCC(Nc2ccc(C(F)(F)F)cn2)CC1. The van der Waals surface area contributed by atoms with Gasteiger partial charge < -0.3 is 15.1 Å². The van der Waals surface area contributed by atoms with Crippen molar-refractivity contribution in [3.05, 3.63) is 54.5 Å². The molecule has 0 amide bonds. The lowest BCUT2D eigenvalue weighted by Crippen LogP contribution is -2.47. The largest absolute Gasteiger partial charge is 0.417 e. The number of aromatic amines is 1. The fraction of sp³-hybridized carbons (Fsp3) is 0.435. The lowest BCUT2D eigenvalue weighted by atomic mass is 10.1. The van der Waals surface area contributed by atoms with Gasteiger partial charge in [0.2, 0.25) is 16.0 Å². The van der Waals surface area contributed by atoms with Gasteiger partial charge in [-0.1, -0.05) is 0 Å². The van der Waals surface area contributed by atoms with E-state index in [0.29, 0.717) is 31.7 Å². The molecule has 2 fully saturated rings. The molecule has 2 N–H and O–H groups in total. The Bertz CT molecular complexity index is 1270. The van der Waals surface area contributed by atoms with Crippen molar-refractivity contribution in [2.24, 2.45) is 0 Å². The maximum Gasteiger partial charge on any atom is 0.417 e. The number of benzene rings is 1. The Kier molecular flexibility index (Phi) is 6.94. The third kappa shape index (κ3) is 5.64. The summed E-state index contributed by atoms with van der Waals surface area (Å²) in [6.07, 6.45) is -1.11. The molecule has 3 aromatic rings. The number of nitrogens with one attached hydrogen (secondary N) is 2. The highest BCUT2D eigenvalue weighted by atomic mass is 32.2. The highest BCUT2D eigenvalue weighted by Crippen LogP contribution is 2.29. The molecule has 1 aromatic carbocycles. The number of pyridine rings is 1. The van der Waals surface area contributed by atoms with Crippen molar-refractivity contribution in [2.75, 3.05) is 54.4 Å². The van der Waals surface area contributed by atoms with Gasteiger partial charge in [-0.3, -0.25) is 0 Å². The van der Waals surface area contributed by atoms with Gasteiger partial charge in [0.1, 0.15) is 12.1 Å². The highest BCUT2D eigenvalue weighted by Gasteiger charge is 2.32. The minimum atomic E-state index is -4.43. The molecule has 4 heterocycles. The van der Waals surface area contributed by atoms with E-state index in [1.54, 1.807) is 12.1 Å². The summed E-state index contributed by atoms with van der Waals surface area (Å²) < 4.78 is 66.0. The van der Waals surface area contributed by atoms with E-state index < -0.39 is 21.8 Å². The second-order valence-electron chi connectivity index (χ2n) is 9.03. The summed E-state index contributed by atoms with van der Waals surface area (Å²) in [5.41, 5.74) is 0.154. The summed E-state index contributed by atoms with van der Waals surface area (Å²) in [6.45, 7) is 3.74. The van der Waals surface area contributed by atoms with Gasteiger partial charge in [-0.15, -0.1) is 0 Å². The zero-order valence-electron chi connectivity index (χ0n) is 19.9. The Hall–Kier alpha value is -3.39. The molecule has 0 saturated carbocycles. The maximum absolute atomic E-state index is 13.2. The number of sulfonamides is 1. The van der Waals surface area contributed by atoms with E-state index in [1.807, 2.05) is 12.1 Å². The third-order valence-electron chi connectivity index (χ3n) is 6.72. The fourth-order valence-corrected chi connectivity index (χ4v) is 6.07. The normalized spacial score (nSPS) is 18.2. The molecule has 14 heteroatoms. The second kappa shape index (κ2) is 10.2. The second-order valence-corrected chi connectivity index (χ2v) is 11.0. The number of piperazine rings is 1. The van der Waals surface area contributed by atoms with Gasteiger partial charge >= 0.3 is 6.18 Å². The average Bonchev–Trinajstić information content (AvgIpc) is 3.44. The van der Waals surface area contributed by atoms with Gasteiger partial charge in [0.15, 0.2) is 0 Å². The molecule has 2 aliphatic heterocycles. The predicted octanol–water partition coefficient (Wildman–Crippen LogP) is 2.81. The summed E-state index contributed by atoms with van der Waals surface area (Å²) in [5.74, 6) is 1.09.